The zero-order valence-electron chi connectivity index (χ0n) is 16.2. The topological polar surface area (TPSA) is 106 Å². The molecule has 1 atom stereocenters. The first kappa shape index (κ1) is 20.3. The summed E-state index contributed by atoms with van der Waals surface area (Å²) in [7, 11) is -0.0517. The first-order chi connectivity index (χ1) is 13.3. The maximum absolute atomic E-state index is 12.7. The smallest absolute Gasteiger partial charge is 0.246 e. The molecule has 0 radical (unpaired) electrons. The van der Waals surface area contributed by atoms with Crippen molar-refractivity contribution in [1.29, 1.82) is 0 Å². The van der Waals surface area contributed by atoms with Crippen molar-refractivity contribution in [2.24, 2.45) is 5.92 Å². The van der Waals surface area contributed by atoms with Crippen LogP contribution < -0.4 is 4.74 Å². The molecule has 10 heteroatoms. The Balaban J connectivity index is 1.63. The molecule has 0 saturated carbocycles. The number of benzene rings is 1. The average molecular weight is 408 g/mol. The van der Waals surface area contributed by atoms with Crippen LogP contribution in [0.2, 0.25) is 0 Å². The highest BCUT2D eigenvalue weighted by Crippen LogP contribution is 2.22. The molecule has 3 rings (SSSR count). The monoisotopic (exact) mass is 408 g/mol. The fourth-order valence-corrected chi connectivity index (χ4v) is 4.13. The zero-order chi connectivity index (χ0) is 20.3. The number of methoxy groups -OCH3 is 1. The Hall–Kier alpha value is -2.46. The van der Waals surface area contributed by atoms with Gasteiger partial charge in [0.1, 0.15) is 5.75 Å². The van der Waals surface area contributed by atoms with Gasteiger partial charge in [-0.25, -0.2) is 12.7 Å². The van der Waals surface area contributed by atoms with Crippen LogP contribution in [-0.2, 0) is 21.4 Å². The lowest BCUT2D eigenvalue weighted by Crippen LogP contribution is -2.45. The van der Waals surface area contributed by atoms with Gasteiger partial charge >= 0.3 is 0 Å². The number of piperidine rings is 1. The summed E-state index contributed by atoms with van der Waals surface area (Å²) in [5, 5.41) is 3.96. The van der Waals surface area contributed by atoms with E-state index in [4.69, 9.17) is 9.26 Å². The van der Waals surface area contributed by atoms with Crippen LogP contribution in [0.3, 0.4) is 0 Å². The lowest BCUT2D eigenvalue weighted by Gasteiger charge is -2.32. The van der Waals surface area contributed by atoms with E-state index in [1.165, 1.54) is 15.5 Å². The number of hydrogen-bond acceptors (Lipinski definition) is 7. The minimum absolute atomic E-state index is 0.127. The summed E-state index contributed by atoms with van der Waals surface area (Å²) in [5.41, 5.74) is 0.779. The summed E-state index contributed by atoms with van der Waals surface area (Å²) in [4.78, 5) is 18.6. The maximum Gasteiger partial charge on any atom is 0.246 e. The van der Waals surface area contributed by atoms with Gasteiger partial charge < -0.3 is 14.2 Å². The molecule has 1 aliphatic heterocycles. The van der Waals surface area contributed by atoms with Gasteiger partial charge in [-0.2, -0.15) is 4.98 Å². The van der Waals surface area contributed by atoms with Crippen LogP contribution in [0.15, 0.2) is 28.8 Å². The minimum atomic E-state index is -3.30. The molecule has 2 aromatic rings. The van der Waals surface area contributed by atoms with Gasteiger partial charge in [0.05, 0.1) is 25.8 Å². The molecule has 1 fully saturated rings. The summed E-state index contributed by atoms with van der Waals surface area (Å²) >= 11 is 0. The van der Waals surface area contributed by atoms with E-state index in [1.807, 2.05) is 12.1 Å². The van der Waals surface area contributed by atoms with Gasteiger partial charge in [0.25, 0.3) is 0 Å². The van der Waals surface area contributed by atoms with Crippen molar-refractivity contribution in [3.05, 3.63) is 30.2 Å². The number of sulfonamides is 1. The summed E-state index contributed by atoms with van der Waals surface area (Å²) in [6.45, 7) is 0.835. The van der Waals surface area contributed by atoms with E-state index < -0.39 is 10.0 Å². The molecule has 152 valence electrons. The third kappa shape index (κ3) is 4.68. The minimum Gasteiger partial charge on any atom is -0.497 e. The summed E-state index contributed by atoms with van der Waals surface area (Å²) in [6.07, 6.45) is 2.50. The van der Waals surface area contributed by atoms with Crippen LogP contribution in [0, 0.1) is 5.92 Å². The first-order valence-corrected chi connectivity index (χ1v) is 10.8. The van der Waals surface area contributed by atoms with Crippen molar-refractivity contribution in [3.63, 3.8) is 0 Å². The molecule has 0 unspecified atom stereocenters. The fraction of sp³-hybridized carbons (Fsp3) is 0.500. The molecule has 1 saturated heterocycles. The van der Waals surface area contributed by atoms with E-state index >= 15 is 0 Å². The van der Waals surface area contributed by atoms with E-state index in [0.29, 0.717) is 31.1 Å². The van der Waals surface area contributed by atoms with E-state index in [-0.39, 0.29) is 24.9 Å². The van der Waals surface area contributed by atoms with Gasteiger partial charge in [-0.05, 0) is 37.1 Å². The molecule has 1 aromatic carbocycles. The number of rotatable bonds is 6. The van der Waals surface area contributed by atoms with Crippen LogP contribution in [0.4, 0.5) is 0 Å². The van der Waals surface area contributed by atoms with Crippen molar-refractivity contribution in [2.75, 3.05) is 33.5 Å². The highest BCUT2D eigenvalue weighted by atomic mass is 32.2. The van der Waals surface area contributed by atoms with Gasteiger partial charge in [0.2, 0.25) is 27.6 Å². The summed E-state index contributed by atoms with van der Waals surface area (Å²) in [6, 6.07) is 7.25. The van der Waals surface area contributed by atoms with Crippen molar-refractivity contribution in [1.82, 2.24) is 19.3 Å². The van der Waals surface area contributed by atoms with Crippen LogP contribution >= 0.6 is 0 Å². The molecule has 1 amide bonds. The predicted molar refractivity (Wildman–Crippen MR) is 102 cm³/mol. The third-order valence-electron chi connectivity index (χ3n) is 4.77. The molecule has 1 aromatic heterocycles. The standard InChI is InChI=1S/C18H24N4O5S/c1-21(18(23)14-5-4-10-22(11-14)28(3,24)25)12-16-19-17(20-27-16)13-6-8-15(26-2)9-7-13/h6-9,14H,4-5,10-12H2,1-3H3/t14-/m1/s1. The largest absolute Gasteiger partial charge is 0.497 e. The van der Waals surface area contributed by atoms with Crippen molar-refractivity contribution in [2.45, 2.75) is 19.4 Å². The van der Waals surface area contributed by atoms with Gasteiger partial charge in [0.15, 0.2) is 0 Å². The lowest BCUT2D eigenvalue weighted by molar-refractivity contribution is -0.136. The quantitative estimate of drug-likeness (QED) is 0.711. The zero-order valence-corrected chi connectivity index (χ0v) is 17.0. The molecule has 0 aliphatic carbocycles. The first-order valence-electron chi connectivity index (χ1n) is 8.95. The molecular formula is C18H24N4O5S. The molecule has 28 heavy (non-hydrogen) atoms. The molecule has 2 heterocycles. The Labute approximate surface area is 164 Å². The van der Waals surface area contributed by atoms with Crippen LogP contribution in [0.25, 0.3) is 11.4 Å². The van der Waals surface area contributed by atoms with E-state index in [2.05, 4.69) is 10.1 Å². The number of amides is 1. The van der Waals surface area contributed by atoms with Crippen molar-refractivity contribution in [3.8, 4) is 17.1 Å². The molecule has 0 spiro atoms. The van der Waals surface area contributed by atoms with E-state index in [1.54, 1.807) is 26.3 Å². The van der Waals surface area contributed by atoms with Crippen LogP contribution in [0.5, 0.6) is 5.75 Å². The summed E-state index contributed by atoms with van der Waals surface area (Å²) < 4.78 is 35.3. The van der Waals surface area contributed by atoms with Gasteiger partial charge in [0, 0.05) is 25.7 Å². The Bertz CT molecular complexity index is 926. The number of hydrogen-bond donors (Lipinski definition) is 0. The van der Waals surface area contributed by atoms with E-state index in [0.717, 1.165) is 11.3 Å². The van der Waals surface area contributed by atoms with Crippen LogP contribution in [0.1, 0.15) is 18.7 Å². The SMILES string of the molecule is COc1ccc(-c2noc(CN(C)C(=O)[C@@H]3CCCN(S(C)(=O)=O)C3)n2)cc1. The number of carbonyl (C=O) groups is 1. The average Bonchev–Trinajstić information content (AvgIpc) is 3.15. The summed E-state index contributed by atoms with van der Waals surface area (Å²) in [5.74, 6) is 0.986. The third-order valence-corrected chi connectivity index (χ3v) is 6.04. The lowest BCUT2D eigenvalue weighted by atomic mass is 9.98. The van der Waals surface area contributed by atoms with Gasteiger partial charge in [-0.15, -0.1) is 0 Å². The number of aromatic nitrogens is 2. The predicted octanol–water partition coefficient (Wildman–Crippen LogP) is 1.38. The number of nitrogens with zero attached hydrogens (tertiary/aromatic N) is 4. The molecule has 0 bridgehead atoms. The normalized spacial score (nSPS) is 18.0. The Morgan fingerprint density at radius 2 is 2.07 bits per heavy atom. The second kappa shape index (κ2) is 8.27. The van der Waals surface area contributed by atoms with Gasteiger partial charge in [-0.1, -0.05) is 5.16 Å². The van der Waals surface area contributed by atoms with Crippen molar-refractivity contribution < 1.29 is 22.5 Å². The molecule has 0 N–H and O–H groups in total. The molecule has 9 nitrogen and oxygen atoms in total. The molecular weight excluding hydrogens is 384 g/mol. The van der Waals surface area contributed by atoms with Gasteiger partial charge in [-0.3, -0.25) is 4.79 Å². The highest BCUT2D eigenvalue weighted by Gasteiger charge is 2.32. The second-order valence-electron chi connectivity index (χ2n) is 6.89. The number of carbonyl (C=O) groups excluding carboxylic acids is 1. The van der Waals surface area contributed by atoms with Crippen LogP contribution in [-0.4, -0.2) is 67.2 Å². The van der Waals surface area contributed by atoms with Crippen molar-refractivity contribution >= 4 is 15.9 Å². The Morgan fingerprint density at radius 3 is 2.71 bits per heavy atom. The fourth-order valence-electron chi connectivity index (χ4n) is 3.21. The number of ether oxygens (including phenoxy) is 1. The Kier molecular flexibility index (Phi) is 5.99. The highest BCUT2D eigenvalue weighted by molar-refractivity contribution is 7.88. The molecule has 1 aliphatic rings. The Morgan fingerprint density at radius 1 is 1.36 bits per heavy atom. The second-order valence-corrected chi connectivity index (χ2v) is 8.88. The van der Waals surface area contributed by atoms with E-state index in [9.17, 15) is 13.2 Å². The maximum atomic E-state index is 12.7.